The summed E-state index contributed by atoms with van der Waals surface area (Å²) in [7, 11) is 0. The van der Waals surface area contributed by atoms with Gasteiger partial charge >= 0.3 is 5.97 Å². The van der Waals surface area contributed by atoms with Gasteiger partial charge in [-0.1, -0.05) is 12.1 Å². The molecule has 2 heterocycles. The fourth-order valence-corrected chi connectivity index (χ4v) is 2.63. The third kappa shape index (κ3) is 3.61. The highest BCUT2D eigenvalue weighted by atomic mass is 19.1. The summed E-state index contributed by atoms with van der Waals surface area (Å²) in [4.78, 5) is 39.1. The lowest BCUT2D eigenvalue weighted by molar-refractivity contribution is -0.135. The molecule has 3 rings (SSSR count). The van der Waals surface area contributed by atoms with Crippen LogP contribution in [-0.4, -0.2) is 38.1 Å². The van der Waals surface area contributed by atoms with E-state index in [0.717, 1.165) is 5.56 Å². The first kappa shape index (κ1) is 17.3. The predicted octanol–water partition coefficient (Wildman–Crippen LogP) is 0.761. The van der Waals surface area contributed by atoms with Gasteiger partial charge in [-0.05, 0) is 30.5 Å². The van der Waals surface area contributed by atoms with Crippen LogP contribution in [0.3, 0.4) is 0 Å². The number of hydrogen-bond donors (Lipinski definition) is 3. The van der Waals surface area contributed by atoms with Crippen molar-refractivity contribution in [2.45, 2.75) is 12.8 Å². The molecule has 0 radical (unpaired) electrons. The number of rotatable bonds is 6. The Bertz CT molecular complexity index is 1020. The molecule has 1 aromatic carbocycles. The Kier molecular flexibility index (Phi) is 4.78. The molecule has 0 saturated heterocycles. The quantitative estimate of drug-likeness (QED) is 0.602. The smallest absolute Gasteiger partial charge is 0.322 e. The Morgan fingerprint density at radius 2 is 1.96 bits per heavy atom. The maximum absolute atomic E-state index is 13.0. The highest BCUT2D eigenvalue weighted by Crippen LogP contribution is 2.11. The van der Waals surface area contributed by atoms with Crippen molar-refractivity contribution in [1.82, 2.24) is 19.9 Å². The number of fused-ring (bicyclic) bond motifs is 1. The number of aliphatic carboxylic acids is 1. The van der Waals surface area contributed by atoms with Gasteiger partial charge in [0.25, 0.3) is 5.91 Å². The maximum Gasteiger partial charge on any atom is 0.322 e. The van der Waals surface area contributed by atoms with Gasteiger partial charge in [-0.3, -0.25) is 19.5 Å². The van der Waals surface area contributed by atoms with Gasteiger partial charge in [0.1, 0.15) is 24.3 Å². The molecule has 0 aliphatic carbocycles. The lowest BCUT2D eigenvalue weighted by atomic mass is 10.1. The zero-order chi connectivity index (χ0) is 18.7. The second-order valence-electron chi connectivity index (χ2n) is 5.62. The first-order valence-corrected chi connectivity index (χ1v) is 7.78. The molecule has 3 N–H and O–H groups in total. The van der Waals surface area contributed by atoms with E-state index in [2.05, 4.69) is 15.4 Å². The molecule has 2 aromatic heterocycles. The van der Waals surface area contributed by atoms with Gasteiger partial charge in [0, 0.05) is 11.8 Å². The van der Waals surface area contributed by atoms with Gasteiger partial charge in [-0.2, -0.15) is 0 Å². The van der Waals surface area contributed by atoms with Crippen LogP contribution in [0.2, 0.25) is 0 Å². The molecule has 0 aliphatic rings. The van der Waals surface area contributed by atoms with Gasteiger partial charge in [-0.15, -0.1) is 0 Å². The standard InChI is InChI=1S/C17H15FN4O4/c18-11-4-1-10(2-5-11)3-6-12-7-13(23)15(16-20-9-21-22(12)16)17(26)19-8-14(24)25/h1-2,4-5,7,9H,3,6,8H2,(H,19,26)(H,20,21)(H,24,25). The number of carboxylic acid groups (broad SMARTS) is 1. The van der Waals surface area contributed by atoms with Crippen molar-refractivity contribution in [2.24, 2.45) is 0 Å². The Hall–Kier alpha value is -3.49. The number of halogens is 1. The zero-order valence-electron chi connectivity index (χ0n) is 13.5. The van der Waals surface area contributed by atoms with Gasteiger partial charge in [0.05, 0.1) is 0 Å². The van der Waals surface area contributed by atoms with E-state index in [4.69, 9.17) is 5.11 Å². The normalized spacial score (nSPS) is 10.8. The number of carbonyl (C=O) groups excluding carboxylic acids is 1. The molecule has 8 nitrogen and oxygen atoms in total. The van der Waals surface area contributed by atoms with Crippen molar-refractivity contribution in [3.63, 3.8) is 0 Å². The number of hydrogen-bond acceptors (Lipinski definition) is 4. The summed E-state index contributed by atoms with van der Waals surface area (Å²) in [5.74, 6) is -2.34. The van der Waals surface area contributed by atoms with Gasteiger partial charge in [-0.25, -0.2) is 13.9 Å². The monoisotopic (exact) mass is 358 g/mol. The molecule has 0 unspecified atom stereocenters. The minimum atomic E-state index is -1.22. The summed E-state index contributed by atoms with van der Waals surface area (Å²) in [6.45, 7) is -0.596. The summed E-state index contributed by atoms with van der Waals surface area (Å²) in [5, 5.41) is 13.6. The summed E-state index contributed by atoms with van der Waals surface area (Å²) in [6.07, 6.45) is 2.36. The molecule has 0 spiro atoms. The van der Waals surface area contributed by atoms with Crippen LogP contribution in [0.1, 0.15) is 21.6 Å². The fourth-order valence-electron chi connectivity index (χ4n) is 2.63. The van der Waals surface area contributed by atoms with E-state index in [1.807, 2.05) is 0 Å². The van der Waals surface area contributed by atoms with E-state index < -0.39 is 23.9 Å². The number of H-pyrrole nitrogens is 1. The first-order chi connectivity index (χ1) is 12.5. The SMILES string of the molecule is O=C(O)CNC(=O)c1c(=O)cc(CCc2ccc(F)cc2)n2[nH]cnc12. The van der Waals surface area contributed by atoms with Gasteiger partial charge in [0.2, 0.25) is 0 Å². The van der Waals surface area contributed by atoms with E-state index in [9.17, 15) is 18.8 Å². The van der Waals surface area contributed by atoms with Gasteiger partial charge < -0.3 is 10.4 Å². The van der Waals surface area contributed by atoms with Crippen molar-refractivity contribution < 1.29 is 19.1 Å². The van der Waals surface area contributed by atoms with Crippen LogP contribution < -0.4 is 10.7 Å². The Morgan fingerprint density at radius 3 is 2.65 bits per heavy atom. The summed E-state index contributed by atoms with van der Waals surface area (Å²) in [5.41, 5.74) is 0.846. The van der Waals surface area contributed by atoms with Crippen molar-refractivity contribution in [3.8, 4) is 0 Å². The average Bonchev–Trinajstić information content (AvgIpc) is 3.08. The molecule has 134 valence electrons. The lowest BCUT2D eigenvalue weighted by Gasteiger charge is -2.08. The number of aromatic amines is 1. The maximum atomic E-state index is 13.0. The number of nitrogens with one attached hydrogen (secondary N) is 2. The van der Waals surface area contributed by atoms with Crippen LogP contribution in [0, 0.1) is 5.82 Å². The van der Waals surface area contributed by atoms with E-state index in [-0.39, 0.29) is 17.0 Å². The van der Waals surface area contributed by atoms with E-state index in [1.54, 1.807) is 12.1 Å². The minimum absolute atomic E-state index is 0.120. The fraction of sp³-hybridized carbons (Fsp3) is 0.176. The lowest BCUT2D eigenvalue weighted by Crippen LogP contribution is -2.33. The number of carbonyl (C=O) groups is 2. The van der Waals surface area contributed by atoms with Gasteiger partial charge in [0.15, 0.2) is 11.1 Å². The molecule has 0 aliphatic heterocycles. The van der Waals surface area contributed by atoms with Crippen LogP contribution in [0.15, 0.2) is 41.5 Å². The van der Waals surface area contributed by atoms with Crippen molar-refractivity contribution in [1.29, 1.82) is 0 Å². The molecule has 0 fully saturated rings. The molecular formula is C17H15FN4O4. The number of aromatic nitrogens is 3. The second kappa shape index (κ2) is 7.18. The summed E-state index contributed by atoms with van der Waals surface area (Å²) < 4.78 is 14.5. The largest absolute Gasteiger partial charge is 0.480 e. The van der Waals surface area contributed by atoms with E-state index in [0.29, 0.717) is 18.5 Å². The van der Waals surface area contributed by atoms with E-state index >= 15 is 0 Å². The minimum Gasteiger partial charge on any atom is -0.480 e. The molecule has 0 atom stereocenters. The molecule has 3 aromatic rings. The van der Waals surface area contributed by atoms with Crippen molar-refractivity contribution in [2.75, 3.05) is 6.54 Å². The molecule has 0 bridgehead atoms. The topological polar surface area (TPSA) is 117 Å². The van der Waals surface area contributed by atoms with Crippen LogP contribution >= 0.6 is 0 Å². The highest BCUT2D eigenvalue weighted by molar-refractivity contribution is 6.00. The number of aryl methyl sites for hydroxylation is 2. The van der Waals surface area contributed by atoms with E-state index in [1.165, 1.54) is 29.0 Å². The number of nitrogens with zero attached hydrogens (tertiary/aromatic N) is 2. The Morgan fingerprint density at radius 1 is 1.23 bits per heavy atom. The Balaban J connectivity index is 1.89. The number of benzene rings is 1. The number of amides is 1. The highest BCUT2D eigenvalue weighted by Gasteiger charge is 2.19. The molecule has 9 heteroatoms. The van der Waals surface area contributed by atoms with Crippen LogP contribution in [0.5, 0.6) is 0 Å². The predicted molar refractivity (Wildman–Crippen MR) is 89.6 cm³/mol. The summed E-state index contributed by atoms with van der Waals surface area (Å²) in [6, 6.07) is 7.36. The molecule has 26 heavy (non-hydrogen) atoms. The molecule has 1 amide bonds. The third-order valence-electron chi connectivity index (χ3n) is 3.85. The zero-order valence-corrected chi connectivity index (χ0v) is 13.5. The van der Waals surface area contributed by atoms with Crippen molar-refractivity contribution >= 4 is 17.5 Å². The average molecular weight is 358 g/mol. The Labute approximate surface area is 146 Å². The molecule has 0 saturated carbocycles. The third-order valence-corrected chi connectivity index (χ3v) is 3.85. The number of carboxylic acids is 1. The second-order valence-corrected chi connectivity index (χ2v) is 5.62. The van der Waals surface area contributed by atoms with Crippen molar-refractivity contribution in [3.05, 3.63) is 69.5 Å². The number of pyridine rings is 1. The van der Waals surface area contributed by atoms with Crippen LogP contribution in [-0.2, 0) is 17.6 Å². The summed E-state index contributed by atoms with van der Waals surface area (Å²) >= 11 is 0. The molecular weight excluding hydrogens is 343 g/mol. The first-order valence-electron chi connectivity index (χ1n) is 7.78. The van der Waals surface area contributed by atoms with Crippen LogP contribution in [0.4, 0.5) is 4.39 Å². The van der Waals surface area contributed by atoms with Crippen LogP contribution in [0.25, 0.3) is 5.65 Å².